The molecule has 28 heavy (non-hydrogen) atoms. The molecule has 2 unspecified atom stereocenters. The first-order valence-corrected chi connectivity index (χ1v) is 9.94. The van der Waals surface area contributed by atoms with E-state index in [0.29, 0.717) is 10.6 Å². The number of hydrogen-bond acceptors (Lipinski definition) is 3. The first kappa shape index (κ1) is 18.8. The zero-order valence-electron chi connectivity index (χ0n) is 16.3. The van der Waals surface area contributed by atoms with Gasteiger partial charge in [0.25, 0.3) is 0 Å². The maximum absolute atomic E-state index is 13.3. The summed E-state index contributed by atoms with van der Waals surface area (Å²) in [5, 5.41) is 8.80. The number of nitrogens with one attached hydrogen (secondary N) is 1. The van der Waals surface area contributed by atoms with Crippen LogP contribution in [0.1, 0.15) is 60.6 Å². The van der Waals surface area contributed by atoms with Crippen molar-refractivity contribution in [2.45, 2.75) is 44.7 Å². The van der Waals surface area contributed by atoms with Crippen LogP contribution in [-0.4, -0.2) is 15.6 Å². The van der Waals surface area contributed by atoms with Gasteiger partial charge in [0.05, 0.1) is 23.3 Å². The fourth-order valence-electron chi connectivity index (χ4n) is 3.95. The molecule has 0 amide bonds. The summed E-state index contributed by atoms with van der Waals surface area (Å²) < 4.78 is 1.95. The molecule has 2 atom stereocenters. The first-order valence-electron chi connectivity index (χ1n) is 9.56. The predicted molar refractivity (Wildman–Crippen MR) is 113 cm³/mol. The number of benzene rings is 2. The molecule has 0 saturated carbocycles. The number of carbonyl (C=O) groups excluding carboxylic acids is 1. The zero-order valence-corrected chi connectivity index (χ0v) is 17.1. The highest BCUT2D eigenvalue weighted by molar-refractivity contribution is 6.30. The van der Waals surface area contributed by atoms with Gasteiger partial charge < -0.3 is 5.32 Å². The van der Waals surface area contributed by atoms with Crippen LogP contribution in [0.15, 0.2) is 60.8 Å². The molecular weight excluding hydrogens is 370 g/mol. The van der Waals surface area contributed by atoms with E-state index in [2.05, 4.69) is 36.4 Å². The van der Waals surface area contributed by atoms with Gasteiger partial charge in [0.15, 0.2) is 5.78 Å². The Kier molecular flexibility index (Phi) is 4.76. The second-order valence-corrected chi connectivity index (χ2v) is 8.52. The molecule has 0 saturated heterocycles. The molecule has 3 aromatic rings. The van der Waals surface area contributed by atoms with E-state index in [-0.39, 0.29) is 23.3 Å². The van der Waals surface area contributed by atoms with E-state index in [0.717, 1.165) is 17.8 Å². The molecule has 5 heteroatoms. The SMILES string of the molecule is CC(C(=O)c1cnn2c1NC(c1ccccc1)CC2(C)C)c1ccc(Cl)cc1. The highest BCUT2D eigenvalue weighted by Crippen LogP contribution is 2.40. The summed E-state index contributed by atoms with van der Waals surface area (Å²) in [5.41, 5.74) is 2.61. The zero-order chi connectivity index (χ0) is 19.9. The number of ketones is 1. The molecule has 144 valence electrons. The molecule has 4 rings (SSSR count). The maximum Gasteiger partial charge on any atom is 0.175 e. The minimum absolute atomic E-state index is 0.0561. The third-order valence-corrected chi connectivity index (χ3v) is 5.84. The second-order valence-electron chi connectivity index (χ2n) is 8.08. The van der Waals surface area contributed by atoms with Crippen molar-refractivity contribution in [2.75, 3.05) is 5.32 Å². The standard InChI is InChI=1S/C23H24ClN3O/c1-15(16-9-11-18(24)12-10-16)21(28)19-14-25-27-22(19)26-20(13-23(27,2)3)17-7-5-4-6-8-17/h4-12,14-15,20,26H,13H2,1-3H3. The summed E-state index contributed by atoms with van der Waals surface area (Å²) in [5.74, 6) is 0.588. The Morgan fingerprint density at radius 3 is 2.54 bits per heavy atom. The van der Waals surface area contributed by atoms with Crippen molar-refractivity contribution in [1.29, 1.82) is 0 Å². The molecule has 4 nitrogen and oxygen atoms in total. The monoisotopic (exact) mass is 393 g/mol. The normalized spacial score (nSPS) is 18.8. The molecule has 2 heterocycles. The van der Waals surface area contributed by atoms with Gasteiger partial charge in [0, 0.05) is 10.9 Å². The van der Waals surface area contributed by atoms with Crippen molar-refractivity contribution in [1.82, 2.24) is 9.78 Å². The fourth-order valence-corrected chi connectivity index (χ4v) is 4.08. The van der Waals surface area contributed by atoms with E-state index in [9.17, 15) is 4.79 Å². The number of aromatic nitrogens is 2. The first-order chi connectivity index (χ1) is 13.4. The number of anilines is 1. The minimum Gasteiger partial charge on any atom is -0.363 e. The largest absolute Gasteiger partial charge is 0.363 e. The van der Waals surface area contributed by atoms with Gasteiger partial charge in [-0.2, -0.15) is 5.10 Å². The average Bonchev–Trinajstić information content (AvgIpc) is 3.13. The van der Waals surface area contributed by atoms with E-state index in [1.807, 2.05) is 54.1 Å². The van der Waals surface area contributed by atoms with Crippen LogP contribution < -0.4 is 5.32 Å². The molecule has 1 aliphatic rings. The highest BCUT2D eigenvalue weighted by Gasteiger charge is 2.37. The van der Waals surface area contributed by atoms with Crippen LogP contribution in [0.4, 0.5) is 5.82 Å². The molecule has 1 aromatic heterocycles. The van der Waals surface area contributed by atoms with Crippen molar-refractivity contribution in [3.05, 3.63) is 82.5 Å². The summed E-state index contributed by atoms with van der Waals surface area (Å²) >= 11 is 5.99. The molecule has 1 aliphatic heterocycles. The minimum atomic E-state index is -0.270. The smallest absolute Gasteiger partial charge is 0.175 e. The molecule has 0 aliphatic carbocycles. The van der Waals surface area contributed by atoms with Gasteiger partial charge in [-0.15, -0.1) is 0 Å². The van der Waals surface area contributed by atoms with Gasteiger partial charge in [-0.05, 0) is 43.5 Å². The van der Waals surface area contributed by atoms with Crippen LogP contribution in [0.25, 0.3) is 0 Å². The summed E-state index contributed by atoms with van der Waals surface area (Å²) in [6.07, 6.45) is 2.60. The Morgan fingerprint density at radius 1 is 1.18 bits per heavy atom. The molecule has 1 N–H and O–H groups in total. The van der Waals surface area contributed by atoms with Crippen molar-refractivity contribution < 1.29 is 4.79 Å². The van der Waals surface area contributed by atoms with Gasteiger partial charge in [-0.1, -0.05) is 61.0 Å². The Morgan fingerprint density at radius 2 is 1.86 bits per heavy atom. The number of nitrogens with zero attached hydrogens (tertiary/aromatic N) is 2. The molecule has 0 bridgehead atoms. The van der Waals surface area contributed by atoms with E-state index in [1.54, 1.807) is 6.20 Å². The van der Waals surface area contributed by atoms with Gasteiger partial charge in [-0.3, -0.25) is 4.79 Å². The lowest BCUT2D eigenvalue weighted by molar-refractivity contribution is 0.0966. The summed E-state index contributed by atoms with van der Waals surface area (Å²) in [6.45, 7) is 6.26. The van der Waals surface area contributed by atoms with Crippen LogP contribution >= 0.6 is 11.6 Å². The molecule has 2 aromatic carbocycles. The maximum atomic E-state index is 13.3. The van der Waals surface area contributed by atoms with E-state index >= 15 is 0 Å². The molecule has 0 fully saturated rings. The highest BCUT2D eigenvalue weighted by atomic mass is 35.5. The van der Waals surface area contributed by atoms with Crippen LogP contribution in [-0.2, 0) is 5.54 Å². The number of carbonyl (C=O) groups is 1. The van der Waals surface area contributed by atoms with Crippen LogP contribution in [0, 0.1) is 0 Å². The van der Waals surface area contributed by atoms with Gasteiger partial charge >= 0.3 is 0 Å². The van der Waals surface area contributed by atoms with Crippen molar-refractivity contribution in [2.24, 2.45) is 0 Å². The van der Waals surface area contributed by atoms with Crippen molar-refractivity contribution in [3.63, 3.8) is 0 Å². The fraction of sp³-hybridized carbons (Fsp3) is 0.304. The van der Waals surface area contributed by atoms with Gasteiger partial charge in [-0.25, -0.2) is 4.68 Å². The average molecular weight is 394 g/mol. The lowest BCUT2D eigenvalue weighted by Crippen LogP contribution is -2.38. The van der Waals surface area contributed by atoms with Crippen molar-refractivity contribution >= 4 is 23.2 Å². The lowest BCUT2D eigenvalue weighted by Gasteiger charge is -2.38. The van der Waals surface area contributed by atoms with Gasteiger partial charge in [0.1, 0.15) is 5.82 Å². The second kappa shape index (κ2) is 7.10. The predicted octanol–water partition coefficient (Wildman–Crippen LogP) is 5.81. The summed E-state index contributed by atoms with van der Waals surface area (Å²) in [4.78, 5) is 13.3. The number of fused-ring (bicyclic) bond motifs is 1. The summed E-state index contributed by atoms with van der Waals surface area (Å²) in [7, 11) is 0. The summed E-state index contributed by atoms with van der Waals surface area (Å²) in [6, 6.07) is 17.9. The van der Waals surface area contributed by atoms with Crippen molar-refractivity contribution in [3.8, 4) is 0 Å². The number of Topliss-reactive ketones (excluding diaryl/α,β-unsaturated/α-hetero) is 1. The quantitative estimate of drug-likeness (QED) is 0.568. The van der Waals surface area contributed by atoms with E-state index < -0.39 is 0 Å². The third kappa shape index (κ3) is 3.33. The molecule has 0 radical (unpaired) electrons. The molecule has 0 spiro atoms. The van der Waals surface area contributed by atoms with Gasteiger partial charge in [0.2, 0.25) is 0 Å². The van der Waals surface area contributed by atoms with Crippen LogP contribution in [0.5, 0.6) is 0 Å². The molecular formula is C23H24ClN3O. The lowest BCUT2D eigenvalue weighted by atomic mass is 9.88. The third-order valence-electron chi connectivity index (χ3n) is 5.59. The Hall–Kier alpha value is -2.59. The number of halogens is 1. The Labute approximate surface area is 170 Å². The van der Waals surface area contributed by atoms with Crippen LogP contribution in [0.3, 0.4) is 0 Å². The van der Waals surface area contributed by atoms with Crippen LogP contribution in [0.2, 0.25) is 5.02 Å². The number of rotatable bonds is 4. The topological polar surface area (TPSA) is 46.9 Å². The Bertz CT molecular complexity index is 992. The number of hydrogen-bond donors (Lipinski definition) is 1. The van der Waals surface area contributed by atoms with E-state index in [1.165, 1.54) is 5.56 Å². The van der Waals surface area contributed by atoms with E-state index in [4.69, 9.17) is 11.6 Å². The Balaban J connectivity index is 1.69.